The van der Waals surface area contributed by atoms with Gasteiger partial charge >= 0.3 is 5.69 Å². The normalized spacial score (nSPS) is 15.0. The Kier molecular flexibility index (Phi) is 12.5. The van der Waals surface area contributed by atoms with Crippen LogP contribution in [0.5, 0.6) is 0 Å². The Morgan fingerprint density at radius 3 is 2.72 bits per heavy atom. The fraction of sp³-hybridized carbons (Fsp3) is 0.850. The van der Waals surface area contributed by atoms with Crippen LogP contribution in [0, 0.1) is 5.92 Å². The minimum Gasteiger partial charge on any atom is -0.378 e. The zero-order valence-corrected chi connectivity index (χ0v) is 20.8. The highest BCUT2D eigenvalue weighted by Crippen LogP contribution is 2.10. The molecule has 1 atom stereocenters. The molecule has 2 rings (SSSR count). The van der Waals surface area contributed by atoms with Crippen LogP contribution in [0.3, 0.4) is 0 Å². The lowest BCUT2D eigenvalue weighted by Gasteiger charge is -2.21. The van der Waals surface area contributed by atoms with Gasteiger partial charge in [-0.05, 0) is 45.4 Å². The lowest BCUT2D eigenvalue weighted by atomic mass is 10.0. The number of aliphatic imine (C=N–C) groups is 1. The first-order valence-corrected chi connectivity index (χ1v) is 10.9. The summed E-state index contributed by atoms with van der Waals surface area (Å²) in [5, 5.41) is 11.1. The maximum Gasteiger partial charge on any atom is 0.345 e. The van der Waals surface area contributed by atoms with Gasteiger partial charge in [-0.2, -0.15) is 5.10 Å². The second-order valence-corrected chi connectivity index (χ2v) is 7.60. The molecule has 0 amide bonds. The van der Waals surface area contributed by atoms with Gasteiger partial charge in [0.15, 0.2) is 5.96 Å². The highest BCUT2D eigenvalue weighted by atomic mass is 127. The van der Waals surface area contributed by atoms with Crippen LogP contribution in [0.1, 0.15) is 59.2 Å². The van der Waals surface area contributed by atoms with Crippen LogP contribution in [0.2, 0.25) is 0 Å². The summed E-state index contributed by atoms with van der Waals surface area (Å²) in [4.78, 5) is 17.0. The van der Waals surface area contributed by atoms with E-state index in [-0.39, 0.29) is 35.8 Å². The van der Waals surface area contributed by atoms with Gasteiger partial charge in [-0.3, -0.25) is 9.56 Å². The van der Waals surface area contributed by atoms with E-state index in [0.29, 0.717) is 19.0 Å². The van der Waals surface area contributed by atoms with Crippen molar-refractivity contribution in [1.29, 1.82) is 0 Å². The first kappa shape index (κ1) is 25.9. The molecule has 0 spiro atoms. The lowest BCUT2D eigenvalue weighted by molar-refractivity contribution is 0.0258. The molecular formula is C20H39IN6O2. The van der Waals surface area contributed by atoms with E-state index in [9.17, 15) is 4.79 Å². The molecule has 1 aromatic rings. The summed E-state index contributed by atoms with van der Waals surface area (Å²) >= 11 is 0. The summed E-state index contributed by atoms with van der Waals surface area (Å²) in [7, 11) is 0. The van der Waals surface area contributed by atoms with Crippen LogP contribution in [-0.4, -0.2) is 52.7 Å². The first-order chi connectivity index (χ1) is 13.6. The van der Waals surface area contributed by atoms with Crippen LogP contribution < -0.4 is 16.3 Å². The summed E-state index contributed by atoms with van der Waals surface area (Å²) < 4.78 is 9.22. The smallest absolute Gasteiger partial charge is 0.345 e. The largest absolute Gasteiger partial charge is 0.378 e. The number of hydrogen-bond donors (Lipinski definition) is 2. The van der Waals surface area contributed by atoms with Gasteiger partial charge in [0.1, 0.15) is 5.82 Å². The lowest BCUT2D eigenvalue weighted by Crippen LogP contribution is -2.39. The second kappa shape index (κ2) is 14.0. The third-order valence-electron chi connectivity index (χ3n) is 5.02. The van der Waals surface area contributed by atoms with E-state index in [1.807, 2.05) is 11.5 Å². The van der Waals surface area contributed by atoms with Crippen LogP contribution in [0.25, 0.3) is 0 Å². The second-order valence-electron chi connectivity index (χ2n) is 7.60. The van der Waals surface area contributed by atoms with E-state index in [1.54, 1.807) is 4.68 Å². The quantitative estimate of drug-likeness (QED) is 0.202. The Morgan fingerprint density at radius 1 is 1.28 bits per heavy atom. The van der Waals surface area contributed by atoms with Crippen LogP contribution in [-0.2, 0) is 24.2 Å². The Labute approximate surface area is 191 Å². The number of aryl methyl sites for hydroxylation is 2. The standard InChI is InChI=1S/C20H38N6O2.HI/c1-5-21-19(23-13-11-17(16(3)4)28-6-2)22-12-9-15-26-20(27)25-14-8-7-10-18(25)24-26;/h16-17H,5-15H2,1-4H3,(H2,21,22,23);1H. The Balaban J connectivity index is 0.00000420. The molecule has 8 nitrogen and oxygen atoms in total. The minimum atomic E-state index is 0. The van der Waals surface area contributed by atoms with Crippen LogP contribution in [0.4, 0.5) is 0 Å². The van der Waals surface area contributed by atoms with E-state index in [2.05, 4.69) is 41.5 Å². The third-order valence-corrected chi connectivity index (χ3v) is 5.02. The van der Waals surface area contributed by atoms with Crippen molar-refractivity contribution in [1.82, 2.24) is 25.0 Å². The summed E-state index contributed by atoms with van der Waals surface area (Å²) in [6, 6.07) is 0. The zero-order valence-electron chi connectivity index (χ0n) is 18.4. The van der Waals surface area contributed by atoms with E-state index < -0.39 is 0 Å². The van der Waals surface area contributed by atoms with Gasteiger partial charge < -0.3 is 15.4 Å². The number of nitrogens with zero attached hydrogens (tertiary/aromatic N) is 4. The number of aromatic nitrogens is 3. The Morgan fingerprint density at radius 2 is 2.07 bits per heavy atom. The fourth-order valence-corrected chi connectivity index (χ4v) is 3.50. The van der Waals surface area contributed by atoms with Crippen molar-refractivity contribution in [2.24, 2.45) is 10.9 Å². The molecule has 1 unspecified atom stereocenters. The van der Waals surface area contributed by atoms with Crippen molar-refractivity contribution < 1.29 is 4.74 Å². The highest BCUT2D eigenvalue weighted by molar-refractivity contribution is 14.0. The summed E-state index contributed by atoms with van der Waals surface area (Å²) in [6.45, 7) is 12.9. The number of guanidine groups is 1. The van der Waals surface area contributed by atoms with Gasteiger partial charge in [0.25, 0.3) is 0 Å². The van der Waals surface area contributed by atoms with E-state index in [1.165, 1.54) is 0 Å². The van der Waals surface area contributed by atoms with Gasteiger partial charge in [0, 0.05) is 45.8 Å². The maximum absolute atomic E-state index is 12.3. The van der Waals surface area contributed by atoms with E-state index in [0.717, 1.165) is 70.1 Å². The van der Waals surface area contributed by atoms with Crippen molar-refractivity contribution in [2.45, 2.75) is 79.0 Å². The van der Waals surface area contributed by atoms with Gasteiger partial charge in [-0.1, -0.05) is 13.8 Å². The zero-order chi connectivity index (χ0) is 20.4. The maximum atomic E-state index is 12.3. The third kappa shape index (κ3) is 8.27. The van der Waals surface area contributed by atoms with Gasteiger partial charge in [0.05, 0.1) is 6.10 Å². The molecule has 0 saturated heterocycles. The minimum absolute atomic E-state index is 0. The van der Waals surface area contributed by atoms with Gasteiger partial charge in [0.2, 0.25) is 0 Å². The molecule has 1 aliphatic heterocycles. The Hall–Kier alpha value is -1.10. The Bertz CT molecular complexity index is 670. The molecule has 1 aromatic heterocycles. The molecule has 2 N–H and O–H groups in total. The number of rotatable bonds is 11. The van der Waals surface area contributed by atoms with Crippen molar-refractivity contribution in [2.75, 3.05) is 26.2 Å². The molecule has 0 aromatic carbocycles. The predicted octanol–water partition coefficient (Wildman–Crippen LogP) is 2.40. The summed E-state index contributed by atoms with van der Waals surface area (Å²) in [5.41, 5.74) is 0.0272. The molecule has 0 aliphatic carbocycles. The molecule has 0 fully saturated rings. The van der Waals surface area contributed by atoms with Gasteiger partial charge in [-0.25, -0.2) is 9.48 Å². The summed E-state index contributed by atoms with van der Waals surface area (Å²) in [5.74, 6) is 2.25. The number of ether oxygens (including phenoxy) is 1. The first-order valence-electron chi connectivity index (χ1n) is 10.9. The van der Waals surface area contributed by atoms with E-state index in [4.69, 9.17) is 4.74 Å². The molecular weight excluding hydrogens is 483 g/mol. The van der Waals surface area contributed by atoms with Crippen LogP contribution >= 0.6 is 24.0 Å². The SMILES string of the molecule is CCNC(=NCCCn1nc2n(c1=O)CCCC2)NCCC(OCC)C(C)C.I. The number of fused-ring (bicyclic) bond motifs is 1. The molecule has 168 valence electrons. The number of nitrogens with one attached hydrogen (secondary N) is 2. The molecule has 29 heavy (non-hydrogen) atoms. The topological polar surface area (TPSA) is 85.5 Å². The molecule has 2 heterocycles. The fourth-order valence-electron chi connectivity index (χ4n) is 3.50. The van der Waals surface area contributed by atoms with Crippen LogP contribution in [0.15, 0.2) is 9.79 Å². The van der Waals surface area contributed by atoms with Crippen molar-refractivity contribution in [3.63, 3.8) is 0 Å². The molecule has 9 heteroatoms. The average Bonchev–Trinajstić information content (AvgIpc) is 3.00. The molecule has 0 bridgehead atoms. The molecule has 0 radical (unpaired) electrons. The summed E-state index contributed by atoms with van der Waals surface area (Å²) in [6.07, 6.45) is 5.11. The predicted molar refractivity (Wildman–Crippen MR) is 128 cm³/mol. The van der Waals surface area contributed by atoms with Gasteiger partial charge in [-0.15, -0.1) is 24.0 Å². The highest BCUT2D eigenvalue weighted by Gasteiger charge is 2.16. The van der Waals surface area contributed by atoms with E-state index >= 15 is 0 Å². The monoisotopic (exact) mass is 522 g/mol. The number of halogens is 1. The molecule has 1 aliphatic rings. The van der Waals surface area contributed by atoms with Crippen molar-refractivity contribution in [3.8, 4) is 0 Å². The average molecular weight is 522 g/mol. The molecule has 0 saturated carbocycles. The number of hydrogen-bond acceptors (Lipinski definition) is 4. The van der Waals surface area contributed by atoms with Crippen molar-refractivity contribution in [3.05, 3.63) is 16.3 Å². The van der Waals surface area contributed by atoms with Crippen molar-refractivity contribution >= 4 is 29.9 Å².